The second kappa shape index (κ2) is 6.73. The molecule has 5 nitrogen and oxygen atoms in total. The first kappa shape index (κ1) is 19.2. The average Bonchev–Trinajstić information content (AvgIpc) is 3.14. The van der Waals surface area contributed by atoms with Gasteiger partial charge in [0, 0.05) is 30.6 Å². The van der Waals surface area contributed by atoms with Gasteiger partial charge in [-0.2, -0.15) is 0 Å². The minimum Gasteiger partial charge on any atom is -0.441 e. The number of oxazole rings is 1. The van der Waals surface area contributed by atoms with Crippen molar-refractivity contribution in [3.63, 3.8) is 0 Å². The number of rotatable bonds is 5. The first-order valence-electron chi connectivity index (χ1n) is 10.1. The van der Waals surface area contributed by atoms with Crippen LogP contribution in [0.5, 0.6) is 0 Å². The molecule has 0 spiro atoms. The van der Waals surface area contributed by atoms with E-state index < -0.39 is 0 Å². The van der Waals surface area contributed by atoms with Crippen LogP contribution >= 0.6 is 0 Å². The number of nitrogens with zero attached hydrogens (tertiary/aromatic N) is 3. The standard InChI is InChI=1S/C23H31N3O2/c1-16-18(24-21(28-16)17-9-7-6-8-10-17)11-20(27)26-12-19-22(2,3)13-23(19,15-26)14-25(4)5/h6-10,19H,11-15H2,1-5H3/t19-,23+/m1/s1. The van der Waals surface area contributed by atoms with Gasteiger partial charge >= 0.3 is 0 Å². The molecule has 1 saturated carbocycles. The van der Waals surface area contributed by atoms with Crippen molar-refractivity contribution in [2.75, 3.05) is 33.7 Å². The quantitative estimate of drug-likeness (QED) is 0.794. The first-order chi connectivity index (χ1) is 13.2. The van der Waals surface area contributed by atoms with Gasteiger partial charge in [-0.25, -0.2) is 4.98 Å². The molecule has 0 unspecified atom stereocenters. The maximum absolute atomic E-state index is 13.1. The Bertz CT molecular complexity index is 867. The summed E-state index contributed by atoms with van der Waals surface area (Å²) in [6, 6.07) is 9.85. The van der Waals surface area contributed by atoms with Crippen LogP contribution in [-0.4, -0.2) is 54.4 Å². The number of aryl methyl sites for hydroxylation is 1. The third-order valence-electron chi connectivity index (χ3n) is 6.61. The van der Waals surface area contributed by atoms with E-state index in [1.165, 1.54) is 6.42 Å². The van der Waals surface area contributed by atoms with Gasteiger partial charge in [-0.15, -0.1) is 0 Å². The molecule has 0 N–H and O–H groups in total. The van der Waals surface area contributed by atoms with Crippen LogP contribution in [0.3, 0.4) is 0 Å². The Morgan fingerprint density at radius 1 is 1.29 bits per heavy atom. The van der Waals surface area contributed by atoms with Crippen molar-refractivity contribution >= 4 is 5.91 Å². The lowest BCUT2D eigenvalue weighted by Crippen LogP contribution is -2.57. The molecule has 28 heavy (non-hydrogen) atoms. The Kier molecular flexibility index (Phi) is 4.61. The highest BCUT2D eigenvalue weighted by atomic mass is 16.4. The molecule has 1 aromatic heterocycles. The van der Waals surface area contributed by atoms with E-state index in [-0.39, 0.29) is 11.3 Å². The molecule has 2 heterocycles. The Morgan fingerprint density at radius 2 is 2.00 bits per heavy atom. The minimum absolute atomic E-state index is 0.166. The van der Waals surface area contributed by atoms with Gasteiger partial charge in [0.05, 0.1) is 12.1 Å². The SMILES string of the molecule is Cc1oc(-c2ccccc2)nc1CC(=O)N1C[C@@H]2C(C)(C)C[C@]2(CN(C)C)C1. The van der Waals surface area contributed by atoms with E-state index >= 15 is 0 Å². The van der Waals surface area contributed by atoms with Crippen LogP contribution < -0.4 is 0 Å². The zero-order chi connectivity index (χ0) is 20.1. The van der Waals surface area contributed by atoms with Crippen LogP contribution in [0.4, 0.5) is 0 Å². The lowest BCUT2D eigenvalue weighted by molar-refractivity contribution is -0.130. The summed E-state index contributed by atoms with van der Waals surface area (Å²) >= 11 is 0. The highest BCUT2D eigenvalue weighted by Crippen LogP contribution is 2.62. The molecule has 2 aromatic rings. The summed E-state index contributed by atoms with van der Waals surface area (Å²) in [6.07, 6.45) is 1.50. The first-order valence-corrected chi connectivity index (χ1v) is 10.1. The molecular formula is C23H31N3O2. The normalized spacial score (nSPS) is 25.6. The van der Waals surface area contributed by atoms with E-state index in [9.17, 15) is 4.79 Å². The monoisotopic (exact) mass is 381 g/mol. The highest BCUT2D eigenvalue weighted by molar-refractivity contribution is 5.79. The number of benzene rings is 1. The molecule has 5 heteroatoms. The van der Waals surface area contributed by atoms with Gasteiger partial charge in [0.25, 0.3) is 0 Å². The lowest BCUT2D eigenvalue weighted by Gasteiger charge is -2.57. The van der Waals surface area contributed by atoms with Gasteiger partial charge in [0.1, 0.15) is 5.76 Å². The maximum Gasteiger partial charge on any atom is 0.228 e. The van der Waals surface area contributed by atoms with Gasteiger partial charge in [-0.3, -0.25) is 4.79 Å². The molecule has 4 rings (SSSR count). The van der Waals surface area contributed by atoms with E-state index in [2.05, 4.69) is 42.7 Å². The number of amides is 1. The van der Waals surface area contributed by atoms with Crippen LogP contribution in [0, 0.1) is 23.7 Å². The van der Waals surface area contributed by atoms with Crippen molar-refractivity contribution in [1.29, 1.82) is 0 Å². The summed E-state index contributed by atoms with van der Waals surface area (Å²) < 4.78 is 5.84. The summed E-state index contributed by atoms with van der Waals surface area (Å²) in [5.41, 5.74) is 2.26. The topological polar surface area (TPSA) is 49.6 Å². The van der Waals surface area contributed by atoms with Crippen molar-refractivity contribution in [2.24, 2.45) is 16.7 Å². The lowest BCUT2D eigenvalue weighted by atomic mass is 9.48. The molecule has 1 amide bonds. The van der Waals surface area contributed by atoms with Crippen LogP contribution in [-0.2, 0) is 11.2 Å². The molecule has 2 fully saturated rings. The van der Waals surface area contributed by atoms with Crippen molar-refractivity contribution < 1.29 is 9.21 Å². The Labute approximate surface area is 167 Å². The summed E-state index contributed by atoms with van der Waals surface area (Å²) in [5, 5.41) is 0. The molecular weight excluding hydrogens is 350 g/mol. The molecule has 1 aliphatic heterocycles. The van der Waals surface area contributed by atoms with Gasteiger partial charge in [0.2, 0.25) is 11.8 Å². The number of likely N-dealkylation sites (tertiary alicyclic amines) is 1. The number of carbonyl (C=O) groups excluding carboxylic acids is 1. The van der Waals surface area contributed by atoms with E-state index in [1.54, 1.807) is 0 Å². The van der Waals surface area contributed by atoms with E-state index in [0.717, 1.165) is 36.7 Å². The smallest absolute Gasteiger partial charge is 0.228 e. The van der Waals surface area contributed by atoms with Crippen LogP contribution in [0.15, 0.2) is 34.7 Å². The largest absolute Gasteiger partial charge is 0.441 e. The summed E-state index contributed by atoms with van der Waals surface area (Å²) in [6.45, 7) is 9.35. The van der Waals surface area contributed by atoms with Crippen LogP contribution in [0.25, 0.3) is 11.5 Å². The molecule has 2 atom stereocenters. The number of carbonyl (C=O) groups is 1. The molecule has 150 valence electrons. The summed E-state index contributed by atoms with van der Waals surface area (Å²) in [4.78, 5) is 22.1. The molecule has 0 radical (unpaired) electrons. The highest BCUT2D eigenvalue weighted by Gasteiger charge is 2.63. The fourth-order valence-electron chi connectivity index (χ4n) is 5.71. The number of hydrogen-bond acceptors (Lipinski definition) is 4. The van der Waals surface area contributed by atoms with E-state index in [4.69, 9.17) is 4.42 Å². The summed E-state index contributed by atoms with van der Waals surface area (Å²) in [5.74, 6) is 2.06. The fourth-order valence-corrected chi connectivity index (χ4v) is 5.71. The number of fused-ring (bicyclic) bond motifs is 1. The predicted molar refractivity (Wildman–Crippen MR) is 110 cm³/mol. The van der Waals surface area contributed by atoms with Gasteiger partial charge in [-0.1, -0.05) is 32.0 Å². The Balaban J connectivity index is 1.48. The van der Waals surface area contributed by atoms with Crippen molar-refractivity contribution in [1.82, 2.24) is 14.8 Å². The average molecular weight is 382 g/mol. The fraction of sp³-hybridized carbons (Fsp3) is 0.565. The minimum atomic E-state index is 0.166. The predicted octanol–water partition coefficient (Wildman–Crippen LogP) is 3.63. The van der Waals surface area contributed by atoms with E-state index in [0.29, 0.717) is 23.6 Å². The second-order valence-electron chi connectivity index (χ2n) is 9.66. The van der Waals surface area contributed by atoms with E-state index in [1.807, 2.05) is 37.3 Å². The van der Waals surface area contributed by atoms with Crippen LogP contribution in [0.2, 0.25) is 0 Å². The Morgan fingerprint density at radius 3 is 2.64 bits per heavy atom. The third-order valence-corrected chi connectivity index (χ3v) is 6.61. The molecule has 1 aromatic carbocycles. The van der Waals surface area contributed by atoms with Crippen molar-refractivity contribution in [3.05, 3.63) is 41.8 Å². The Hall–Kier alpha value is -2.14. The summed E-state index contributed by atoms with van der Waals surface area (Å²) in [7, 11) is 4.26. The molecule has 1 saturated heterocycles. The number of aromatic nitrogens is 1. The third kappa shape index (κ3) is 3.26. The van der Waals surface area contributed by atoms with Crippen molar-refractivity contribution in [2.45, 2.75) is 33.6 Å². The van der Waals surface area contributed by atoms with Gasteiger partial charge < -0.3 is 14.2 Å². The second-order valence-corrected chi connectivity index (χ2v) is 9.66. The molecule has 0 bridgehead atoms. The van der Waals surface area contributed by atoms with Crippen molar-refractivity contribution in [3.8, 4) is 11.5 Å². The van der Waals surface area contributed by atoms with Gasteiger partial charge in [0.15, 0.2) is 0 Å². The number of hydrogen-bond donors (Lipinski definition) is 0. The van der Waals surface area contributed by atoms with Crippen LogP contribution in [0.1, 0.15) is 31.7 Å². The molecule has 1 aliphatic carbocycles. The van der Waals surface area contributed by atoms with Gasteiger partial charge in [-0.05, 0) is 50.9 Å². The zero-order valence-electron chi connectivity index (χ0n) is 17.7. The maximum atomic E-state index is 13.1. The molecule has 2 aliphatic rings. The zero-order valence-corrected chi connectivity index (χ0v) is 17.7.